The van der Waals surface area contributed by atoms with Gasteiger partial charge in [0.25, 0.3) is 0 Å². The number of nitrogens with one attached hydrogen (secondary N) is 1. The monoisotopic (exact) mass is 494 g/mol. The van der Waals surface area contributed by atoms with E-state index in [2.05, 4.69) is 5.32 Å². The van der Waals surface area contributed by atoms with Crippen molar-refractivity contribution in [1.29, 1.82) is 0 Å². The van der Waals surface area contributed by atoms with Crippen molar-refractivity contribution in [1.82, 2.24) is 10.2 Å². The maximum Gasteiger partial charge on any atom is 0.243 e. The number of benzene rings is 2. The molecule has 4 nitrogen and oxygen atoms in total. The van der Waals surface area contributed by atoms with Crippen LogP contribution in [0.5, 0.6) is 0 Å². The van der Waals surface area contributed by atoms with Crippen molar-refractivity contribution in [2.45, 2.75) is 64.9 Å². The molecule has 0 saturated heterocycles. The topological polar surface area (TPSA) is 49.4 Å². The number of aryl methyl sites for hydroxylation is 1. The summed E-state index contributed by atoms with van der Waals surface area (Å²) < 4.78 is 0. The van der Waals surface area contributed by atoms with E-state index in [4.69, 9.17) is 23.2 Å². The van der Waals surface area contributed by atoms with Crippen LogP contribution < -0.4 is 5.32 Å². The van der Waals surface area contributed by atoms with Gasteiger partial charge in [0.15, 0.2) is 0 Å². The Morgan fingerprint density at radius 1 is 1.09 bits per heavy atom. The molecule has 0 aliphatic heterocycles. The Morgan fingerprint density at radius 2 is 1.78 bits per heavy atom. The van der Waals surface area contributed by atoms with E-state index in [9.17, 15) is 9.59 Å². The van der Waals surface area contributed by atoms with E-state index in [1.54, 1.807) is 11.0 Å². The summed E-state index contributed by atoms with van der Waals surface area (Å²) in [6.07, 6.45) is 0.539. The lowest BCUT2D eigenvalue weighted by molar-refractivity contribution is -0.140. The van der Waals surface area contributed by atoms with Crippen LogP contribution >= 0.6 is 35.0 Å². The van der Waals surface area contributed by atoms with Gasteiger partial charge in [-0.25, -0.2) is 0 Å². The first kappa shape index (κ1) is 26.6. The second-order valence-electron chi connectivity index (χ2n) is 8.85. The van der Waals surface area contributed by atoms with E-state index in [-0.39, 0.29) is 23.1 Å². The summed E-state index contributed by atoms with van der Waals surface area (Å²) in [5.41, 5.74) is 2.77. The second-order valence-corrected chi connectivity index (χ2v) is 10.7. The SMILES string of the molecule is CC[C@@H](C(=O)NC(C)(C)C)N(Cc1ccccc1C)C(=O)CSCc1ccc(Cl)c(Cl)c1. The number of halogens is 2. The van der Waals surface area contributed by atoms with Crippen LogP contribution in [0.2, 0.25) is 10.0 Å². The Balaban J connectivity index is 2.17. The number of nitrogens with zero attached hydrogens (tertiary/aromatic N) is 1. The fourth-order valence-corrected chi connectivity index (χ4v) is 4.49. The fraction of sp³-hybridized carbons (Fsp3) is 0.440. The second kappa shape index (κ2) is 12.0. The molecule has 174 valence electrons. The van der Waals surface area contributed by atoms with Crippen molar-refractivity contribution < 1.29 is 9.59 Å². The maximum atomic E-state index is 13.3. The lowest BCUT2D eigenvalue weighted by Gasteiger charge is -2.33. The highest BCUT2D eigenvalue weighted by Crippen LogP contribution is 2.25. The average molecular weight is 496 g/mol. The van der Waals surface area contributed by atoms with Crippen molar-refractivity contribution in [3.05, 3.63) is 69.2 Å². The Bertz CT molecular complexity index is 944. The summed E-state index contributed by atoms with van der Waals surface area (Å²) in [6.45, 7) is 10.2. The summed E-state index contributed by atoms with van der Waals surface area (Å²) in [7, 11) is 0. The van der Waals surface area contributed by atoms with Crippen molar-refractivity contribution in [3.8, 4) is 0 Å². The quantitative estimate of drug-likeness (QED) is 0.447. The zero-order valence-corrected chi connectivity index (χ0v) is 21.7. The Labute approximate surface area is 206 Å². The summed E-state index contributed by atoms with van der Waals surface area (Å²) in [6, 6.07) is 12.9. The van der Waals surface area contributed by atoms with Crippen molar-refractivity contribution in [2.75, 3.05) is 5.75 Å². The van der Waals surface area contributed by atoms with Gasteiger partial charge in [-0.15, -0.1) is 11.8 Å². The first-order chi connectivity index (χ1) is 15.0. The number of thioether (sulfide) groups is 1. The van der Waals surface area contributed by atoms with E-state index in [1.165, 1.54) is 11.8 Å². The summed E-state index contributed by atoms with van der Waals surface area (Å²) in [5, 5.41) is 4.05. The van der Waals surface area contributed by atoms with Crippen LogP contribution in [0.3, 0.4) is 0 Å². The minimum atomic E-state index is -0.535. The van der Waals surface area contributed by atoms with Crippen LogP contribution in [-0.2, 0) is 21.9 Å². The van der Waals surface area contributed by atoms with Gasteiger partial charge in [0.1, 0.15) is 6.04 Å². The molecule has 7 heteroatoms. The van der Waals surface area contributed by atoms with Crippen LogP contribution in [0, 0.1) is 6.92 Å². The molecule has 0 bridgehead atoms. The molecule has 1 N–H and O–H groups in total. The predicted molar refractivity (Wildman–Crippen MR) is 136 cm³/mol. The van der Waals surface area contributed by atoms with Gasteiger partial charge in [0, 0.05) is 17.8 Å². The number of carbonyl (C=O) groups is 2. The van der Waals surface area contributed by atoms with E-state index in [0.29, 0.717) is 28.8 Å². The Morgan fingerprint density at radius 3 is 2.38 bits per heavy atom. The maximum absolute atomic E-state index is 13.3. The minimum absolute atomic E-state index is 0.0609. The van der Waals surface area contributed by atoms with Gasteiger partial charge in [-0.3, -0.25) is 9.59 Å². The Hall–Kier alpha value is -1.69. The molecule has 2 rings (SSSR count). The predicted octanol–water partition coefficient (Wildman–Crippen LogP) is 6.26. The van der Waals surface area contributed by atoms with Crippen LogP contribution in [0.25, 0.3) is 0 Å². The van der Waals surface area contributed by atoms with Gasteiger partial charge in [-0.2, -0.15) is 0 Å². The van der Waals surface area contributed by atoms with E-state index in [0.717, 1.165) is 16.7 Å². The smallest absolute Gasteiger partial charge is 0.243 e. The molecule has 2 aromatic rings. The normalized spacial score (nSPS) is 12.3. The molecule has 0 radical (unpaired) electrons. The van der Waals surface area contributed by atoms with Crippen LogP contribution in [-0.4, -0.2) is 34.0 Å². The highest BCUT2D eigenvalue weighted by atomic mass is 35.5. The third kappa shape index (κ3) is 8.02. The zero-order valence-electron chi connectivity index (χ0n) is 19.4. The highest BCUT2D eigenvalue weighted by Gasteiger charge is 2.30. The van der Waals surface area contributed by atoms with Crippen molar-refractivity contribution in [2.24, 2.45) is 0 Å². The Kier molecular flexibility index (Phi) is 9.93. The first-order valence-electron chi connectivity index (χ1n) is 10.7. The van der Waals surface area contributed by atoms with Gasteiger partial charge < -0.3 is 10.2 Å². The molecule has 2 amide bonds. The number of rotatable bonds is 9. The largest absolute Gasteiger partial charge is 0.350 e. The molecule has 0 fully saturated rings. The molecule has 0 aliphatic carbocycles. The molecule has 0 aliphatic rings. The minimum Gasteiger partial charge on any atom is -0.350 e. The zero-order chi connectivity index (χ0) is 23.9. The first-order valence-corrected chi connectivity index (χ1v) is 12.6. The number of carbonyl (C=O) groups excluding carboxylic acids is 2. The molecule has 0 saturated carbocycles. The van der Waals surface area contributed by atoms with Gasteiger partial charge in [0.05, 0.1) is 15.8 Å². The van der Waals surface area contributed by atoms with Gasteiger partial charge >= 0.3 is 0 Å². The number of amides is 2. The molecule has 0 unspecified atom stereocenters. The fourth-order valence-electron chi connectivity index (χ4n) is 3.31. The van der Waals surface area contributed by atoms with E-state index >= 15 is 0 Å². The lowest BCUT2D eigenvalue weighted by atomic mass is 10.0. The summed E-state index contributed by atoms with van der Waals surface area (Å²) in [5.74, 6) is 0.711. The van der Waals surface area contributed by atoms with Crippen molar-refractivity contribution in [3.63, 3.8) is 0 Å². The molecule has 1 atom stereocenters. The average Bonchev–Trinajstić information content (AvgIpc) is 2.70. The lowest BCUT2D eigenvalue weighted by Crippen LogP contribution is -2.53. The summed E-state index contributed by atoms with van der Waals surface area (Å²) in [4.78, 5) is 28.1. The molecular formula is C25H32Cl2N2O2S. The van der Waals surface area contributed by atoms with Gasteiger partial charge in [0.2, 0.25) is 11.8 Å². The molecule has 32 heavy (non-hydrogen) atoms. The molecule has 0 heterocycles. The number of hydrogen-bond donors (Lipinski definition) is 1. The molecule has 2 aromatic carbocycles. The molecule has 0 aromatic heterocycles. The highest BCUT2D eigenvalue weighted by molar-refractivity contribution is 7.99. The molecule has 0 spiro atoms. The van der Waals surface area contributed by atoms with Gasteiger partial charge in [-0.1, -0.05) is 60.5 Å². The standard InChI is InChI=1S/C25H32Cl2N2O2S/c1-6-22(24(31)28-25(3,4)5)29(14-19-10-8-7-9-17(19)2)23(30)16-32-15-18-11-12-20(26)21(27)13-18/h7-13,22H,6,14-16H2,1-5H3,(H,28,31)/t22-/m0/s1. The number of hydrogen-bond acceptors (Lipinski definition) is 3. The van der Waals surface area contributed by atoms with Crippen molar-refractivity contribution >= 4 is 46.8 Å². The van der Waals surface area contributed by atoms with Crippen LogP contribution in [0.1, 0.15) is 50.8 Å². The van der Waals surface area contributed by atoms with E-state index < -0.39 is 6.04 Å². The van der Waals surface area contributed by atoms with E-state index in [1.807, 2.05) is 71.0 Å². The van der Waals surface area contributed by atoms with Crippen LogP contribution in [0.4, 0.5) is 0 Å². The third-order valence-corrected chi connectivity index (χ3v) is 6.69. The third-order valence-electron chi connectivity index (χ3n) is 4.96. The molecular weight excluding hydrogens is 463 g/mol. The van der Waals surface area contributed by atoms with Crippen LogP contribution in [0.15, 0.2) is 42.5 Å². The van der Waals surface area contributed by atoms with Gasteiger partial charge in [-0.05, 0) is 62.9 Å². The summed E-state index contributed by atoms with van der Waals surface area (Å²) >= 11 is 13.6.